The van der Waals surface area contributed by atoms with E-state index in [2.05, 4.69) is 34.2 Å². The average molecular weight is 431 g/mol. The number of carbonyl (C=O) groups is 1. The Morgan fingerprint density at radius 1 is 1.12 bits per heavy atom. The van der Waals surface area contributed by atoms with Gasteiger partial charge in [0.15, 0.2) is 5.70 Å². The van der Waals surface area contributed by atoms with Crippen LogP contribution in [0.4, 0.5) is 0 Å². The van der Waals surface area contributed by atoms with E-state index in [-0.39, 0.29) is 5.70 Å². The van der Waals surface area contributed by atoms with Crippen molar-refractivity contribution in [3.05, 3.63) is 81.6 Å². The number of hydrogen-bond acceptors (Lipinski definition) is 4. The zero-order valence-electron chi connectivity index (χ0n) is 12.7. The van der Waals surface area contributed by atoms with Gasteiger partial charge in [0.25, 0.3) is 0 Å². The number of esters is 1. The molecular weight excluding hydrogens is 417 g/mol. The zero-order valence-corrected chi connectivity index (χ0v) is 14.9. The Bertz CT molecular complexity index is 821. The molecule has 0 aliphatic carbocycles. The number of cyclic esters (lactones) is 1. The smallest absolute Gasteiger partial charge is 0.363 e. The van der Waals surface area contributed by atoms with E-state index in [1.807, 2.05) is 48.5 Å². The lowest BCUT2D eigenvalue weighted by Gasteiger charge is -2.02. The van der Waals surface area contributed by atoms with E-state index < -0.39 is 5.97 Å². The van der Waals surface area contributed by atoms with Gasteiger partial charge in [0.1, 0.15) is 12.4 Å². The summed E-state index contributed by atoms with van der Waals surface area (Å²) in [4.78, 5) is 16.3. The van der Waals surface area contributed by atoms with Crippen molar-refractivity contribution < 1.29 is 14.3 Å². The van der Waals surface area contributed by atoms with Gasteiger partial charge in [-0.25, -0.2) is 9.79 Å². The lowest BCUT2D eigenvalue weighted by Crippen LogP contribution is -2.05. The standard InChI is InChI=1S/C19H14INO3/c1-2-11-23-16-9-3-13(4-10-16)12-17-19(22)24-18(21-17)14-5-7-15(20)8-6-14/h2-10,12H,1,11H2. The molecule has 1 heterocycles. The van der Waals surface area contributed by atoms with E-state index in [0.717, 1.165) is 20.4 Å². The predicted molar refractivity (Wildman–Crippen MR) is 102 cm³/mol. The molecule has 0 bridgehead atoms. The molecule has 2 aromatic carbocycles. The second-order valence-corrected chi connectivity index (χ2v) is 6.26. The summed E-state index contributed by atoms with van der Waals surface area (Å²) in [5, 5.41) is 0. The quantitative estimate of drug-likeness (QED) is 0.309. The summed E-state index contributed by atoms with van der Waals surface area (Å²) in [5.74, 6) is 0.623. The number of ether oxygens (including phenoxy) is 2. The molecule has 120 valence electrons. The Kier molecular flexibility index (Phi) is 5.10. The molecule has 0 fully saturated rings. The van der Waals surface area contributed by atoms with Crippen molar-refractivity contribution >= 4 is 40.5 Å². The second-order valence-electron chi connectivity index (χ2n) is 5.01. The van der Waals surface area contributed by atoms with Gasteiger partial charge in [-0.2, -0.15) is 0 Å². The van der Waals surface area contributed by atoms with Crippen LogP contribution < -0.4 is 4.74 Å². The van der Waals surface area contributed by atoms with Crippen LogP contribution in [0.2, 0.25) is 0 Å². The van der Waals surface area contributed by atoms with Crippen LogP contribution in [-0.2, 0) is 9.53 Å². The summed E-state index contributed by atoms with van der Waals surface area (Å²) in [6.45, 7) is 4.06. The number of rotatable bonds is 5. The SMILES string of the molecule is C=CCOc1ccc(C=C2N=C(c3ccc(I)cc3)OC2=O)cc1. The van der Waals surface area contributed by atoms with Crippen molar-refractivity contribution in [2.75, 3.05) is 6.61 Å². The topological polar surface area (TPSA) is 47.9 Å². The van der Waals surface area contributed by atoms with Gasteiger partial charge in [-0.05, 0) is 70.6 Å². The molecule has 0 aromatic heterocycles. The molecule has 0 atom stereocenters. The molecule has 0 saturated carbocycles. The molecule has 0 N–H and O–H groups in total. The average Bonchev–Trinajstić information content (AvgIpc) is 2.95. The van der Waals surface area contributed by atoms with Gasteiger partial charge in [0.05, 0.1) is 0 Å². The molecule has 0 spiro atoms. The maximum atomic E-state index is 12.0. The van der Waals surface area contributed by atoms with Crippen molar-refractivity contribution in [3.63, 3.8) is 0 Å². The number of benzene rings is 2. The Hall–Kier alpha value is -2.41. The molecule has 0 saturated heterocycles. The largest absolute Gasteiger partial charge is 0.490 e. The molecule has 5 heteroatoms. The summed E-state index contributed by atoms with van der Waals surface area (Å²) in [6.07, 6.45) is 3.38. The van der Waals surface area contributed by atoms with E-state index in [1.165, 1.54) is 0 Å². The minimum Gasteiger partial charge on any atom is -0.490 e. The third-order valence-corrected chi connectivity index (χ3v) is 3.98. The van der Waals surface area contributed by atoms with Gasteiger partial charge in [-0.15, -0.1) is 0 Å². The Balaban J connectivity index is 1.80. The van der Waals surface area contributed by atoms with Crippen LogP contribution in [0.5, 0.6) is 5.75 Å². The summed E-state index contributed by atoms with van der Waals surface area (Å²) in [5.41, 5.74) is 1.91. The highest BCUT2D eigenvalue weighted by Crippen LogP contribution is 2.21. The lowest BCUT2D eigenvalue weighted by atomic mass is 10.2. The molecule has 0 amide bonds. The minimum atomic E-state index is -0.449. The predicted octanol–water partition coefficient (Wildman–Crippen LogP) is 4.20. The number of aliphatic imine (C=N–C) groups is 1. The first-order chi connectivity index (χ1) is 11.7. The van der Waals surface area contributed by atoms with E-state index >= 15 is 0 Å². The second kappa shape index (κ2) is 7.44. The van der Waals surface area contributed by atoms with Gasteiger partial charge in [0, 0.05) is 9.13 Å². The Morgan fingerprint density at radius 3 is 2.50 bits per heavy atom. The van der Waals surface area contributed by atoms with Crippen molar-refractivity contribution in [1.82, 2.24) is 0 Å². The summed E-state index contributed by atoms with van der Waals surface area (Å²) in [7, 11) is 0. The molecule has 0 radical (unpaired) electrons. The van der Waals surface area contributed by atoms with Crippen LogP contribution >= 0.6 is 22.6 Å². The van der Waals surface area contributed by atoms with Crippen molar-refractivity contribution in [2.45, 2.75) is 0 Å². The first-order valence-electron chi connectivity index (χ1n) is 7.28. The van der Waals surface area contributed by atoms with E-state index in [9.17, 15) is 4.79 Å². The molecular formula is C19H14INO3. The number of halogens is 1. The van der Waals surface area contributed by atoms with Gasteiger partial charge >= 0.3 is 5.97 Å². The lowest BCUT2D eigenvalue weighted by molar-refractivity contribution is -0.129. The van der Waals surface area contributed by atoms with Crippen LogP contribution in [0.15, 0.2) is 71.9 Å². The fourth-order valence-electron chi connectivity index (χ4n) is 2.10. The van der Waals surface area contributed by atoms with Gasteiger partial charge in [-0.3, -0.25) is 0 Å². The third-order valence-electron chi connectivity index (χ3n) is 3.26. The van der Waals surface area contributed by atoms with Gasteiger partial charge in [-0.1, -0.05) is 24.8 Å². The number of nitrogens with zero attached hydrogens (tertiary/aromatic N) is 1. The van der Waals surface area contributed by atoms with Crippen LogP contribution in [0.3, 0.4) is 0 Å². The van der Waals surface area contributed by atoms with E-state index in [1.54, 1.807) is 12.2 Å². The normalized spacial score (nSPS) is 15.1. The fraction of sp³-hybridized carbons (Fsp3) is 0.0526. The summed E-state index contributed by atoms with van der Waals surface area (Å²) in [6, 6.07) is 15.0. The third kappa shape index (κ3) is 3.91. The van der Waals surface area contributed by atoms with Gasteiger partial charge in [0.2, 0.25) is 5.90 Å². The zero-order chi connectivity index (χ0) is 16.9. The molecule has 0 unspecified atom stereocenters. The highest BCUT2D eigenvalue weighted by atomic mass is 127. The van der Waals surface area contributed by atoms with Crippen molar-refractivity contribution in [3.8, 4) is 5.75 Å². The Morgan fingerprint density at radius 2 is 1.83 bits per heavy atom. The molecule has 2 aromatic rings. The van der Waals surface area contributed by atoms with Gasteiger partial charge < -0.3 is 9.47 Å². The maximum Gasteiger partial charge on any atom is 0.363 e. The summed E-state index contributed by atoms with van der Waals surface area (Å²) >= 11 is 2.22. The molecule has 3 rings (SSSR count). The van der Waals surface area contributed by atoms with E-state index in [0.29, 0.717) is 12.5 Å². The van der Waals surface area contributed by atoms with Crippen LogP contribution in [-0.4, -0.2) is 18.5 Å². The number of hydrogen-bond donors (Lipinski definition) is 0. The molecule has 1 aliphatic heterocycles. The molecule has 1 aliphatic rings. The first-order valence-corrected chi connectivity index (χ1v) is 8.36. The fourth-order valence-corrected chi connectivity index (χ4v) is 2.46. The monoisotopic (exact) mass is 431 g/mol. The van der Waals surface area contributed by atoms with Crippen LogP contribution in [0.25, 0.3) is 6.08 Å². The number of carbonyl (C=O) groups excluding carboxylic acids is 1. The molecule has 24 heavy (non-hydrogen) atoms. The Labute approximate surface area is 153 Å². The first kappa shape index (κ1) is 16.4. The highest BCUT2D eigenvalue weighted by molar-refractivity contribution is 14.1. The highest BCUT2D eigenvalue weighted by Gasteiger charge is 2.23. The van der Waals surface area contributed by atoms with Crippen molar-refractivity contribution in [2.24, 2.45) is 4.99 Å². The maximum absolute atomic E-state index is 12.0. The van der Waals surface area contributed by atoms with Crippen LogP contribution in [0, 0.1) is 3.57 Å². The minimum absolute atomic E-state index is 0.281. The van der Waals surface area contributed by atoms with E-state index in [4.69, 9.17) is 9.47 Å². The summed E-state index contributed by atoms with van der Waals surface area (Å²) < 4.78 is 11.8. The van der Waals surface area contributed by atoms with Crippen molar-refractivity contribution in [1.29, 1.82) is 0 Å². The molecule has 4 nitrogen and oxygen atoms in total. The van der Waals surface area contributed by atoms with Crippen LogP contribution in [0.1, 0.15) is 11.1 Å².